The van der Waals surface area contributed by atoms with Gasteiger partial charge >= 0.3 is 0 Å². The number of quaternary nitrogens is 1. The van der Waals surface area contributed by atoms with Gasteiger partial charge in [-0.3, -0.25) is 0 Å². The summed E-state index contributed by atoms with van der Waals surface area (Å²) in [4.78, 5) is 5.65. The zero-order chi connectivity index (χ0) is 27.1. The predicted octanol–water partition coefficient (Wildman–Crippen LogP) is 6.59. The number of fused-ring (bicyclic) bond motifs is 3. The highest BCUT2D eigenvalue weighted by Gasteiger charge is 2.25. The fourth-order valence-electron chi connectivity index (χ4n) is 5.27. The van der Waals surface area contributed by atoms with E-state index in [1.54, 1.807) is 0 Å². The van der Waals surface area contributed by atoms with Gasteiger partial charge in [-0.05, 0) is 47.5 Å². The van der Waals surface area contributed by atoms with Crippen molar-refractivity contribution in [3.63, 3.8) is 0 Å². The van der Waals surface area contributed by atoms with Crippen LogP contribution in [0, 0.1) is 0 Å². The fraction of sp³-hybridized carbons (Fsp3) is 0.242. The van der Waals surface area contributed by atoms with Gasteiger partial charge in [0, 0.05) is 37.2 Å². The third-order valence-electron chi connectivity index (χ3n) is 7.42. The van der Waals surface area contributed by atoms with Crippen LogP contribution in [0.3, 0.4) is 0 Å². The van der Waals surface area contributed by atoms with Gasteiger partial charge in [-0.15, -0.1) is 0 Å². The van der Waals surface area contributed by atoms with E-state index in [1.165, 1.54) is 32.1 Å². The van der Waals surface area contributed by atoms with Gasteiger partial charge in [0.2, 0.25) is 11.4 Å². The molecule has 0 spiro atoms. The van der Waals surface area contributed by atoms with Crippen LogP contribution in [0.1, 0.15) is 17.5 Å². The lowest BCUT2D eigenvalue weighted by molar-refractivity contribution is -0.873. The minimum absolute atomic E-state index is 0.841. The van der Waals surface area contributed by atoms with Gasteiger partial charge in [-0.2, -0.15) is 4.57 Å². The summed E-state index contributed by atoms with van der Waals surface area (Å²) in [6.07, 6.45) is 7.84. The van der Waals surface area contributed by atoms with E-state index in [1.807, 2.05) is 37.0 Å². The maximum absolute atomic E-state index is 6.11. The Hall–Kier alpha value is -3.74. The SMILES string of the molecule is CN1/C(=C/c2cc[n+](CCC[N+](C)(C)C)c3ccccc23)Sc2cc(/C=C3/Oc4ccccc4N3C)ccc21. The molecule has 3 aromatic carbocycles. The number of anilines is 2. The number of aromatic nitrogens is 1. The topological polar surface area (TPSA) is 19.6 Å². The Kier molecular flexibility index (Phi) is 6.61. The molecule has 0 fully saturated rings. The second-order valence-electron chi connectivity index (χ2n) is 11.3. The first kappa shape index (κ1) is 25.5. The Labute approximate surface area is 235 Å². The molecule has 0 aliphatic carbocycles. The number of nitrogens with zero attached hydrogens (tertiary/aromatic N) is 4. The van der Waals surface area contributed by atoms with E-state index in [0.29, 0.717) is 0 Å². The molecule has 0 unspecified atom stereocenters. The van der Waals surface area contributed by atoms with Crippen LogP contribution in [0.15, 0.2) is 94.8 Å². The van der Waals surface area contributed by atoms with Gasteiger partial charge in [-0.1, -0.05) is 42.1 Å². The quantitative estimate of drug-likeness (QED) is 0.204. The summed E-state index contributed by atoms with van der Waals surface area (Å²) in [6.45, 7) is 2.18. The average molecular weight is 537 g/mol. The summed E-state index contributed by atoms with van der Waals surface area (Å²) in [5.41, 5.74) is 5.98. The van der Waals surface area contributed by atoms with Gasteiger partial charge < -0.3 is 19.0 Å². The summed E-state index contributed by atoms with van der Waals surface area (Å²) in [7, 11) is 11.0. The van der Waals surface area contributed by atoms with Gasteiger partial charge in [0.1, 0.15) is 0 Å². The normalized spacial score (nSPS) is 16.7. The van der Waals surface area contributed by atoms with Crippen molar-refractivity contribution in [2.45, 2.75) is 17.9 Å². The van der Waals surface area contributed by atoms with Crippen molar-refractivity contribution in [3.8, 4) is 5.75 Å². The molecular formula is C33H36N4OS+2. The Morgan fingerprint density at radius 1 is 0.872 bits per heavy atom. The van der Waals surface area contributed by atoms with Crippen molar-refractivity contribution in [3.05, 3.63) is 101 Å². The molecule has 0 saturated carbocycles. The van der Waals surface area contributed by atoms with Crippen molar-refractivity contribution in [2.75, 3.05) is 51.6 Å². The number of aryl methyl sites for hydroxylation is 1. The number of pyridine rings is 1. The molecule has 6 rings (SSSR count). The van der Waals surface area contributed by atoms with Crippen LogP contribution >= 0.6 is 11.8 Å². The lowest BCUT2D eigenvalue weighted by Crippen LogP contribution is -2.40. The van der Waals surface area contributed by atoms with E-state index in [0.717, 1.165) is 46.9 Å². The molecule has 5 nitrogen and oxygen atoms in total. The number of rotatable bonds is 6. The monoisotopic (exact) mass is 536 g/mol. The summed E-state index contributed by atoms with van der Waals surface area (Å²) in [5, 5.41) is 2.51. The second kappa shape index (κ2) is 10.1. The van der Waals surface area contributed by atoms with E-state index in [4.69, 9.17) is 4.74 Å². The highest BCUT2D eigenvalue weighted by atomic mass is 32.2. The van der Waals surface area contributed by atoms with E-state index >= 15 is 0 Å². The molecule has 0 amide bonds. The van der Waals surface area contributed by atoms with E-state index in [-0.39, 0.29) is 0 Å². The van der Waals surface area contributed by atoms with Crippen molar-refractivity contribution in [1.82, 2.24) is 0 Å². The van der Waals surface area contributed by atoms with Crippen molar-refractivity contribution >= 4 is 46.2 Å². The molecule has 2 aliphatic heterocycles. The summed E-state index contributed by atoms with van der Waals surface area (Å²) < 4.78 is 9.50. The molecule has 198 valence electrons. The Morgan fingerprint density at radius 2 is 1.67 bits per heavy atom. The first-order valence-electron chi connectivity index (χ1n) is 13.5. The molecule has 39 heavy (non-hydrogen) atoms. The molecule has 0 saturated heterocycles. The van der Waals surface area contributed by atoms with Gasteiger partial charge in [-0.25, -0.2) is 0 Å². The Morgan fingerprint density at radius 3 is 2.49 bits per heavy atom. The third-order valence-corrected chi connectivity index (χ3v) is 8.57. The number of ether oxygens (including phenoxy) is 1. The molecule has 1 aromatic heterocycles. The van der Waals surface area contributed by atoms with E-state index < -0.39 is 0 Å². The van der Waals surface area contributed by atoms with Crippen LogP contribution in [-0.4, -0.2) is 46.3 Å². The maximum Gasteiger partial charge on any atom is 0.213 e. The van der Waals surface area contributed by atoms with Crippen molar-refractivity contribution < 1.29 is 13.8 Å². The molecule has 2 aliphatic rings. The molecule has 0 N–H and O–H groups in total. The number of para-hydroxylation sites is 3. The standard InChI is InChI=1S/C33H36N4OS/c1-34-28-13-8-9-14-30(28)38-32(34)22-24-15-16-29-31(21-24)39-33(35(29)2)23-25-17-19-36(18-10-20-37(3,4)5)27-12-7-6-11-26(25)27/h6-9,11-17,19,21-23H,10,18,20H2,1-5H3/q+2/b32-22+. The lowest BCUT2D eigenvalue weighted by Gasteiger charge is -2.23. The lowest BCUT2D eigenvalue weighted by atomic mass is 10.1. The molecule has 0 bridgehead atoms. The summed E-state index contributed by atoms with van der Waals surface area (Å²) in [6, 6.07) is 25.8. The van der Waals surface area contributed by atoms with Crippen LogP contribution < -0.4 is 19.1 Å². The zero-order valence-electron chi connectivity index (χ0n) is 23.4. The second-order valence-corrected chi connectivity index (χ2v) is 12.4. The minimum Gasteiger partial charge on any atom is -0.439 e. The molecule has 0 atom stereocenters. The van der Waals surface area contributed by atoms with Gasteiger partial charge in [0.25, 0.3) is 0 Å². The highest BCUT2D eigenvalue weighted by Crippen LogP contribution is 2.47. The Bertz CT molecular complexity index is 1620. The molecule has 3 heterocycles. The van der Waals surface area contributed by atoms with E-state index in [9.17, 15) is 0 Å². The number of benzene rings is 3. The van der Waals surface area contributed by atoms with Crippen molar-refractivity contribution in [2.24, 2.45) is 0 Å². The first-order valence-corrected chi connectivity index (χ1v) is 14.3. The van der Waals surface area contributed by atoms with E-state index in [2.05, 4.69) is 116 Å². The van der Waals surface area contributed by atoms with Crippen LogP contribution in [0.5, 0.6) is 5.75 Å². The van der Waals surface area contributed by atoms with Crippen LogP contribution in [0.2, 0.25) is 0 Å². The zero-order valence-corrected chi connectivity index (χ0v) is 24.2. The smallest absolute Gasteiger partial charge is 0.213 e. The van der Waals surface area contributed by atoms with Crippen LogP contribution in [0.25, 0.3) is 23.1 Å². The highest BCUT2D eigenvalue weighted by molar-refractivity contribution is 8.03. The molecule has 6 heteroatoms. The first-order chi connectivity index (χ1) is 18.8. The number of hydrogen-bond donors (Lipinski definition) is 0. The minimum atomic E-state index is 0.841. The number of hydrogen-bond acceptors (Lipinski definition) is 4. The summed E-state index contributed by atoms with van der Waals surface area (Å²) >= 11 is 1.82. The summed E-state index contributed by atoms with van der Waals surface area (Å²) in [5.74, 6) is 1.74. The fourth-order valence-corrected chi connectivity index (χ4v) is 6.42. The van der Waals surface area contributed by atoms with Crippen LogP contribution in [-0.2, 0) is 6.54 Å². The average Bonchev–Trinajstić information content (AvgIpc) is 3.40. The Balaban J connectivity index is 1.25. The largest absolute Gasteiger partial charge is 0.439 e. The van der Waals surface area contributed by atoms with Gasteiger partial charge in [0.15, 0.2) is 18.5 Å². The number of thioether (sulfide) groups is 1. The van der Waals surface area contributed by atoms with Crippen LogP contribution in [0.4, 0.5) is 11.4 Å². The molecule has 0 radical (unpaired) electrons. The predicted molar refractivity (Wildman–Crippen MR) is 164 cm³/mol. The third kappa shape index (κ3) is 5.14. The van der Waals surface area contributed by atoms with Gasteiger partial charge in [0.05, 0.1) is 55.9 Å². The molecular weight excluding hydrogens is 500 g/mol. The van der Waals surface area contributed by atoms with Crippen molar-refractivity contribution in [1.29, 1.82) is 0 Å². The maximum atomic E-state index is 6.11. The molecule has 4 aromatic rings.